The number of rotatable bonds is 9. The van der Waals surface area contributed by atoms with Gasteiger partial charge in [-0.15, -0.1) is 0 Å². The quantitative estimate of drug-likeness (QED) is 0.421. The van der Waals surface area contributed by atoms with Crippen molar-refractivity contribution in [1.29, 1.82) is 0 Å². The molecule has 0 aromatic carbocycles. The zero-order valence-corrected chi connectivity index (χ0v) is 9.47. The van der Waals surface area contributed by atoms with Gasteiger partial charge < -0.3 is 20.4 Å². The van der Waals surface area contributed by atoms with Gasteiger partial charge in [-0.3, -0.25) is 0 Å². The normalized spacial score (nSPS) is 17.4. The van der Waals surface area contributed by atoms with Crippen molar-refractivity contribution in [3.63, 3.8) is 0 Å². The molecule has 0 saturated carbocycles. The van der Waals surface area contributed by atoms with E-state index < -0.39 is 12.2 Å². The van der Waals surface area contributed by atoms with E-state index in [9.17, 15) is 10.2 Å². The van der Waals surface area contributed by atoms with Crippen molar-refractivity contribution in [2.45, 2.75) is 51.2 Å². The fraction of sp³-hybridized carbons (Fsp3) is 1.00. The Morgan fingerprint density at radius 1 is 0.867 bits per heavy atom. The lowest BCUT2D eigenvalue weighted by molar-refractivity contribution is -0.00154. The number of aliphatic hydroxyl groups excluding tert-OH is 4. The van der Waals surface area contributed by atoms with Gasteiger partial charge in [-0.25, -0.2) is 0 Å². The molecule has 0 spiro atoms. The molecule has 0 aliphatic heterocycles. The van der Waals surface area contributed by atoms with Gasteiger partial charge in [0.1, 0.15) is 0 Å². The van der Waals surface area contributed by atoms with Crippen LogP contribution < -0.4 is 0 Å². The molecule has 0 aromatic heterocycles. The highest BCUT2D eigenvalue weighted by atomic mass is 16.3. The summed E-state index contributed by atoms with van der Waals surface area (Å²) in [6.07, 6.45) is 1.65. The summed E-state index contributed by atoms with van der Waals surface area (Å²) in [7, 11) is 0. The molecular weight excluding hydrogens is 196 g/mol. The first-order chi connectivity index (χ1) is 7.11. The lowest BCUT2D eigenvalue weighted by Gasteiger charge is -2.20. The maximum atomic E-state index is 9.62. The summed E-state index contributed by atoms with van der Waals surface area (Å²) in [5, 5.41) is 36.4. The van der Waals surface area contributed by atoms with E-state index in [2.05, 4.69) is 0 Å². The highest BCUT2D eigenvalue weighted by molar-refractivity contribution is 4.70. The van der Waals surface area contributed by atoms with Crippen molar-refractivity contribution >= 4 is 0 Å². The van der Waals surface area contributed by atoms with Gasteiger partial charge in [0.05, 0.1) is 12.2 Å². The van der Waals surface area contributed by atoms with Gasteiger partial charge in [0.25, 0.3) is 0 Å². The SMILES string of the molecule is CC(CCO)CC(O)C(O)CCCCO. The zero-order chi connectivity index (χ0) is 11.7. The zero-order valence-electron chi connectivity index (χ0n) is 9.47. The fourth-order valence-corrected chi connectivity index (χ4v) is 1.57. The van der Waals surface area contributed by atoms with Crippen LogP contribution in [0.4, 0.5) is 0 Å². The van der Waals surface area contributed by atoms with E-state index in [0.29, 0.717) is 25.7 Å². The maximum Gasteiger partial charge on any atom is 0.0801 e. The van der Waals surface area contributed by atoms with Gasteiger partial charge in [-0.05, 0) is 38.0 Å². The van der Waals surface area contributed by atoms with Gasteiger partial charge in [0, 0.05) is 13.2 Å². The molecule has 3 atom stereocenters. The maximum absolute atomic E-state index is 9.62. The van der Waals surface area contributed by atoms with E-state index in [1.807, 2.05) is 6.92 Å². The molecule has 0 aliphatic rings. The van der Waals surface area contributed by atoms with E-state index >= 15 is 0 Å². The first-order valence-corrected chi connectivity index (χ1v) is 5.69. The molecule has 4 heteroatoms. The molecular formula is C11H24O4. The first-order valence-electron chi connectivity index (χ1n) is 5.69. The average molecular weight is 220 g/mol. The van der Waals surface area contributed by atoms with Crippen LogP contribution in [0.15, 0.2) is 0 Å². The second kappa shape index (κ2) is 9.09. The molecule has 0 aliphatic carbocycles. The highest BCUT2D eigenvalue weighted by Crippen LogP contribution is 2.15. The minimum Gasteiger partial charge on any atom is -0.396 e. The molecule has 0 saturated heterocycles. The standard InChI is InChI=1S/C11H24O4/c1-9(5-7-13)8-11(15)10(14)4-2-3-6-12/h9-15H,2-8H2,1H3. The van der Waals surface area contributed by atoms with E-state index in [0.717, 1.165) is 6.42 Å². The van der Waals surface area contributed by atoms with E-state index in [1.54, 1.807) is 0 Å². The lowest BCUT2D eigenvalue weighted by Crippen LogP contribution is -2.28. The fourth-order valence-electron chi connectivity index (χ4n) is 1.57. The summed E-state index contributed by atoms with van der Waals surface area (Å²) in [5.74, 6) is 0.220. The molecule has 0 fully saturated rings. The largest absolute Gasteiger partial charge is 0.396 e. The molecule has 4 N–H and O–H groups in total. The van der Waals surface area contributed by atoms with E-state index in [1.165, 1.54) is 0 Å². The van der Waals surface area contributed by atoms with Crippen molar-refractivity contribution in [3.05, 3.63) is 0 Å². The third kappa shape index (κ3) is 7.73. The summed E-state index contributed by atoms with van der Waals surface area (Å²) in [6.45, 7) is 2.19. The second-order valence-corrected chi connectivity index (χ2v) is 4.21. The van der Waals surface area contributed by atoms with Gasteiger partial charge in [-0.2, -0.15) is 0 Å². The molecule has 15 heavy (non-hydrogen) atoms. The van der Waals surface area contributed by atoms with Crippen LogP contribution in [0, 0.1) is 5.92 Å². The Hall–Kier alpha value is -0.160. The summed E-state index contributed by atoms with van der Waals surface area (Å²) < 4.78 is 0. The lowest BCUT2D eigenvalue weighted by atomic mass is 9.95. The number of unbranched alkanes of at least 4 members (excludes halogenated alkanes) is 1. The van der Waals surface area contributed by atoms with E-state index in [4.69, 9.17) is 10.2 Å². The van der Waals surface area contributed by atoms with Crippen LogP contribution in [0.3, 0.4) is 0 Å². The van der Waals surface area contributed by atoms with Crippen LogP contribution in [0.2, 0.25) is 0 Å². The van der Waals surface area contributed by atoms with Crippen LogP contribution in [0.25, 0.3) is 0 Å². The van der Waals surface area contributed by atoms with Gasteiger partial charge in [0.2, 0.25) is 0 Å². The predicted molar refractivity (Wildman–Crippen MR) is 58.4 cm³/mol. The Kier molecular flexibility index (Phi) is 9.00. The molecule has 0 bridgehead atoms. The van der Waals surface area contributed by atoms with Crippen molar-refractivity contribution in [2.24, 2.45) is 5.92 Å². The third-order valence-electron chi connectivity index (χ3n) is 2.62. The Labute approximate surface area is 91.6 Å². The van der Waals surface area contributed by atoms with Gasteiger partial charge >= 0.3 is 0 Å². The molecule has 3 unspecified atom stereocenters. The molecule has 0 rings (SSSR count). The van der Waals surface area contributed by atoms with Crippen LogP contribution >= 0.6 is 0 Å². The average Bonchev–Trinajstić information content (AvgIpc) is 2.18. The van der Waals surface area contributed by atoms with Crippen molar-refractivity contribution < 1.29 is 20.4 Å². The summed E-state index contributed by atoms with van der Waals surface area (Å²) in [6, 6.07) is 0. The Balaban J connectivity index is 3.62. The molecule has 0 aromatic rings. The smallest absolute Gasteiger partial charge is 0.0801 e. The third-order valence-corrected chi connectivity index (χ3v) is 2.62. The number of hydrogen-bond acceptors (Lipinski definition) is 4. The monoisotopic (exact) mass is 220 g/mol. The van der Waals surface area contributed by atoms with Crippen molar-refractivity contribution in [3.8, 4) is 0 Å². The van der Waals surface area contributed by atoms with Gasteiger partial charge in [-0.1, -0.05) is 6.92 Å². The summed E-state index contributed by atoms with van der Waals surface area (Å²) in [4.78, 5) is 0. The van der Waals surface area contributed by atoms with Crippen LogP contribution in [0.1, 0.15) is 39.0 Å². The predicted octanol–water partition coefficient (Wildman–Crippen LogP) is 0.279. The van der Waals surface area contributed by atoms with Crippen LogP contribution in [0.5, 0.6) is 0 Å². The molecule has 0 heterocycles. The minimum absolute atomic E-state index is 0.120. The molecule has 0 amide bonds. The van der Waals surface area contributed by atoms with Crippen molar-refractivity contribution in [2.75, 3.05) is 13.2 Å². The Bertz CT molecular complexity index is 141. The summed E-state index contributed by atoms with van der Waals surface area (Å²) >= 11 is 0. The Morgan fingerprint density at radius 2 is 1.53 bits per heavy atom. The number of hydrogen-bond donors (Lipinski definition) is 4. The molecule has 4 nitrogen and oxygen atoms in total. The first kappa shape index (κ1) is 14.8. The van der Waals surface area contributed by atoms with Gasteiger partial charge in [0.15, 0.2) is 0 Å². The minimum atomic E-state index is -0.717. The topological polar surface area (TPSA) is 80.9 Å². The summed E-state index contributed by atoms with van der Waals surface area (Å²) in [5.41, 5.74) is 0. The van der Waals surface area contributed by atoms with Crippen LogP contribution in [-0.2, 0) is 0 Å². The van der Waals surface area contributed by atoms with Crippen molar-refractivity contribution in [1.82, 2.24) is 0 Å². The van der Waals surface area contributed by atoms with E-state index in [-0.39, 0.29) is 19.1 Å². The molecule has 92 valence electrons. The highest BCUT2D eigenvalue weighted by Gasteiger charge is 2.18. The molecule has 0 radical (unpaired) electrons. The number of aliphatic hydroxyl groups is 4. The second-order valence-electron chi connectivity index (χ2n) is 4.21. The van der Waals surface area contributed by atoms with Crippen LogP contribution in [-0.4, -0.2) is 45.8 Å². The Morgan fingerprint density at radius 3 is 2.07 bits per heavy atom.